The number of ketones is 1. The largest absolute Gasteiger partial charge is 0.436 e. The molecule has 9 nitrogen and oxygen atoms in total. The summed E-state index contributed by atoms with van der Waals surface area (Å²) in [6.45, 7) is 5.56. The Morgan fingerprint density at radius 3 is 2.51 bits per heavy atom. The second-order valence-corrected chi connectivity index (χ2v) is 9.79. The quantitative estimate of drug-likeness (QED) is 0.564. The number of hydrogen-bond donors (Lipinski definition) is 1. The Hall–Kier alpha value is -2.94. The molecule has 1 N–H and O–H groups in total. The lowest BCUT2D eigenvalue weighted by molar-refractivity contribution is -0.145. The number of fused-ring (bicyclic) bond motifs is 1. The molecule has 2 aromatic rings. The topological polar surface area (TPSA) is 111 Å². The Morgan fingerprint density at radius 1 is 1.11 bits per heavy atom. The Bertz CT molecular complexity index is 990. The summed E-state index contributed by atoms with van der Waals surface area (Å²) < 4.78 is 16.7. The molecule has 1 aliphatic heterocycles. The number of aromatic nitrogens is 1. The molecule has 1 saturated carbocycles. The Morgan fingerprint density at radius 2 is 1.83 bits per heavy atom. The lowest BCUT2D eigenvalue weighted by Crippen LogP contribution is -2.50. The van der Waals surface area contributed by atoms with Gasteiger partial charge in [0.25, 0.3) is 11.8 Å². The fourth-order valence-electron chi connectivity index (χ4n) is 4.85. The number of nitrogens with zero attached hydrogens (tertiary/aromatic N) is 2. The van der Waals surface area contributed by atoms with Crippen LogP contribution in [0.3, 0.4) is 0 Å². The van der Waals surface area contributed by atoms with E-state index in [1.54, 1.807) is 23.1 Å². The van der Waals surface area contributed by atoms with Crippen molar-refractivity contribution in [3.05, 3.63) is 30.2 Å². The highest BCUT2D eigenvalue weighted by Crippen LogP contribution is 2.29. The van der Waals surface area contributed by atoms with Crippen molar-refractivity contribution in [1.82, 2.24) is 15.2 Å². The van der Waals surface area contributed by atoms with Crippen LogP contribution < -0.4 is 5.32 Å². The molecule has 2 aliphatic rings. The van der Waals surface area contributed by atoms with Crippen molar-refractivity contribution in [3.63, 3.8) is 0 Å². The van der Waals surface area contributed by atoms with Gasteiger partial charge < -0.3 is 24.1 Å². The molecular formula is C26H35N3O6. The van der Waals surface area contributed by atoms with Gasteiger partial charge >= 0.3 is 6.09 Å². The van der Waals surface area contributed by atoms with E-state index in [-0.39, 0.29) is 17.7 Å². The lowest BCUT2D eigenvalue weighted by Gasteiger charge is -2.32. The molecular weight excluding hydrogens is 450 g/mol. The van der Waals surface area contributed by atoms with Crippen molar-refractivity contribution < 1.29 is 28.3 Å². The van der Waals surface area contributed by atoms with Crippen LogP contribution >= 0.6 is 0 Å². The zero-order valence-electron chi connectivity index (χ0n) is 20.5. The van der Waals surface area contributed by atoms with E-state index >= 15 is 0 Å². The molecule has 9 heteroatoms. The van der Waals surface area contributed by atoms with Crippen LogP contribution in [-0.2, 0) is 14.3 Å². The zero-order valence-corrected chi connectivity index (χ0v) is 20.5. The maximum Gasteiger partial charge on any atom is 0.408 e. The third-order valence-electron chi connectivity index (χ3n) is 6.85. The third-order valence-corrected chi connectivity index (χ3v) is 6.85. The van der Waals surface area contributed by atoms with Gasteiger partial charge in [-0.1, -0.05) is 58.1 Å². The van der Waals surface area contributed by atoms with E-state index in [1.807, 2.05) is 19.9 Å². The number of hydrogen-bond acceptors (Lipinski definition) is 7. The van der Waals surface area contributed by atoms with Gasteiger partial charge in [-0.15, -0.1) is 0 Å². The van der Waals surface area contributed by atoms with E-state index in [1.165, 1.54) is 6.42 Å². The van der Waals surface area contributed by atoms with Gasteiger partial charge in [0, 0.05) is 13.1 Å². The van der Waals surface area contributed by atoms with Crippen molar-refractivity contribution in [2.75, 3.05) is 26.3 Å². The van der Waals surface area contributed by atoms with Crippen molar-refractivity contribution in [3.8, 4) is 0 Å². The summed E-state index contributed by atoms with van der Waals surface area (Å²) in [5, 5.41) is 2.68. The number of para-hydroxylation sites is 2. The highest BCUT2D eigenvalue weighted by molar-refractivity contribution is 5.99. The minimum absolute atomic E-state index is 0.0617. The van der Waals surface area contributed by atoms with Gasteiger partial charge in [-0.2, -0.15) is 0 Å². The highest BCUT2D eigenvalue weighted by Gasteiger charge is 2.34. The molecule has 190 valence electrons. The molecule has 2 atom stereocenters. The summed E-state index contributed by atoms with van der Waals surface area (Å²) in [7, 11) is 0. The number of benzene rings is 1. The molecule has 0 radical (unpaired) electrons. The monoisotopic (exact) mass is 485 g/mol. The molecule has 1 saturated heterocycles. The summed E-state index contributed by atoms with van der Waals surface area (Å²) in [5.41, 5.74) is 1.08. The van der Waals surface area contributed by atoms with Crippen molar-refractivity contribution in [2.45, 2.75) is 64.5 Å². The van der Waals surface area contributed by atoms with E-state index in [4.69, 9.17) is 13.9 Å². The minimum atomic E-state index is -0.899. The molecule has 0 unspecified atom stereocenters. The second-order valence-electron chi connectivity index (χ2n) is 9.79. The van der Waals surface area contributed by atoms with Crippen molar-refractivity contribution in [1.29, 1.82) is 0 Å². The fraction of sp³-hybridized carbons (Fsp3) is 0.615. The van der Waals surface area contributed by atoms with Crippen LogP contribution in [0.1, 0.15) is 63.1 Å². The van der Waals surface area contributed by atoms with Gasteiger partial charge in [0.2, 0.25) is 5.78 Å². The van der Waals surface area contributed by atoms with Gasteiger partial charge in [0.05, 0.1) is 13.2 Å². The SMILES string of the molecule is CC(C)[C@H](NC(=O)O[C@@H](CC1CCCCC1)C(=O)N1CCOCC1)C(=O)c1nc2ccccc2o1. The van der Waals surface area contributed by atoms with E-state index in [0.717, 1.165) is 25.7 Å². The summed E-state index contributed by atoms with van der Waals surface area (Å²) in [4.78, 5) is 45.4. The smallest absolute Gasteiger partial charge is 0.408 e. The van der Waals surface area contributed by atoms with Crippen LogP contribution in [0.15, 0.2) is 28.7 Å². The van der Waals surface area contributed by atoms with E-state index < -0.39 is 24.0 Å². The lowest BCUT2D eigenvalue weighted by atomic mass is 9.85. The van der Waals surface area contributed by atoms with E-state index in [2.05, 4.69) is 10.3 Å². The number of oxazole rings is 1. The first-order chi connectivity index (χ1) is 16.9. The first-order valence-corrected chi connectivity index (χ1v) is 12.7. The predicted octanol–water partition coefficient (Wildman–Crippen LogP) is 3.96. The number of Topliss-reactive ketones (excluding diaryl/α,β-unsaturated/α-hetero) is 1. The van der Waals surface area contributed by atoms with Gasteiger partial charge in [0.15, 0.2) is 11.7 Å². The molecule has 2 amide bonds. The fourth-order valence-corrected chi connectivity index (χ4v) is 4.85. The number of carbonyl (C=O) groups excluding carboxylic acids is 3. The van der Waals surface area contributed by atoms with Crippen LogP contribution in [0, 0.1) is 11.8 Å². The Labute approximate surface area is 205 Å². The normalized spacial score (nSPS) is 18.9. The maximum absolute atomic E-state index is 13.3. The van der Waals surface area contributed by atoms with Gasteiger partial charge in [-0.05, 0) is 30.4 Å². The molecule has 2 heterocycles. The molecule has 1 aromatic heterocycles. The number of ether oxygens (including phenoxy) is 2. The number of carbonyl (C=O) groups is 3. The first-order valence-electron chi connectivity index (χ1n) is 12.7. The predicted molar refractivity (Wildman–Crippen MR) is 129 cm³/mol. The van der Waals surface area contributed by atoms with Crippen LogP contribution in [0.5, 0.6) is 0 Å². The molecule has 2 fully saturated rings. The third kappa shape index (κ3) is 6.39. The van der Waals surface area contributed by atoms with Crippen molar-refractivity contribution in [2.24, 2.45) is 11.8 Å². The molecule has 0 spiro atoms. The van der Waals surface area contributed by atoms with Gasteiger partial charge in [-0.25, -0.2) is 9.78 Å². The molecule has 4 rings (SSSR count). The summed E-state index contributed by atoms with van der Waals surface area (Å²) in [6.07, 6.45) is 4.35. The summed E-state index contributed by atoms with van der Waals surface area (Å²) in [5.74, 6) is -0.587. The number of morpholine rings is 1. The van der Waals surface area contributed by atoms with Crippen molar-refractivity contribution >= 4 is 28.9 Å². The molecule has 1 aliphatic carbocycles. The van der Waals surface area contributed by atoms with Crippen LogP contribution in [0.4, 0.5) is 4.79 Å². The summed E-state index contributed by atoms with van der Waals surface area (Å²) >= 11 is 0. The molecule has 35 heavy (non-hydrogen) atoms. The average Bonchev–Trinajstić information content (AvgIpc) is 3.31. The second kappa shape index (κ2) is 11.7. The molecule has 1 aromatic carbocycles. The number of alkyl carbamates (subject to hydrolysis) is 1. The van der Waals surface area contributed by atoms with Gasteiger partial charge in [0.1, 0.15) is 11.6 Å². The number of rotatable bonds is 8. The van der Waals surface area contributed by atoms with E-state index in [9.17, 15) is 14.4 Å². The molecule has 0 bridgehead atoms. The average molecular weight is 486 g/mol. The summed E-state index contributed by atoms with van der Waals surface area (Å²) in [6, 6.07) is 6.21. The van der Waals surface area contributed by atoms with Crippen LogP contribution in [0.2, 0.25) is 0 Å². The first kappa shape index (κ1) is 25.2. The Balaban J connectivity index is 1.45. The Kier molecular flexibility index (Phi) is 8.38. The zero-order chi connectivity index (χ0) is 24.8. The van der Waals surface area contributed by atoms with Crippen LogP contribution in [-0.4, -0.2) is 66.1 Å². The number of amides is 2. The number of nitrogens with one attached hydrogen (secondary N) is 1. The minimum Gasteiger partial charge on any atom is -0.436 e. The van der Waals surface area contributed by atoms with E-state index in [0.29, 0.717) is 49.7 Å². The maximum atomic E-state index is 13.3. The van der Waals surface area contributed by atoms with Crippen LogP contribution in [0.25, 0.3) is 11.1 Å². The standard InChI is InChI=1S/C26H35N3O6/c1-17(2)22(23(30)24-27-19-10-6-7-11-20(19)34-24)28-26(32)35-21(16-18-8-4-3-5-9-18)25(31)29-12-14-33-15-13-29/h6-7,10-11,17-18,21-22H,3-5,8-9,12-16H2,1-2H3,(H,28,32)/t21-,22-/m0/s1. The highest BCUT2D eigenvalue weighted by atomic mass is 16.6. The van der Waals surface area contributed by atoms with Gasteiger partial charge in [-0.3, -0.25) is 9.59 Å².